The molecule has 74 valence electrons. The first-order chi connectivity index (χ1) is 6.62. The van der Waals surface area contributed by atoms with Gasteiger partial charge >= 0.3 is 0 Å². The third kappa shape index (κ3) is 1.48. The quantitative estimate of drug-likeness (QED) is 0.692. The van der Waals surface area contributed by atoms with Crippen molar-refractivity contribution in [2.75, 3.05) is 18.0 Å². The van der Waals surface area contributed by atoms with E-state index >= 15 is 0 Å². The van der Waals surface area contributed by atoms with Crippen LogP contribution in [0.1, 0.15) is 17.3 Å². The predicted octanol–water partition coefficient (Wildman–Crippen LogP) is 0.465. The zero-order valence-electron chi connectivity index (χ0n) is 7.97. The molecule has 0 unspecified atom stereocenters. The maximum Gasteiger partial charge on any atom is 0.153 e. The Morgan fingerprint density at radius 2 is 2.36 bits per heavy atom. The molecule has 0 spiro atoms. The molecule has 0 aromatic carbocycles. The summed E-state index contributed by atoms with van der Waals surface area (Å²) in [7, 11) is 0. The van der Waals surface area contributed by atoms with E-state index in [1.54, 1.807) is 25.3 Å². The van der Waals surface area contributed by atoms with Crippen LogP contribution in [0.5, 0.6) is 0 Å². The van der Waals surface area contributed by atoms with Gasteiger partial charge in [-0.2, -0.15) is 0 Å². The van der Waals surface area contributed by atoms with Gasteiger partial charge in [-0.3, -0.25) is 4.79 Å². The number of aldehydes is 1. The molecule has 0 amide bonds. The van der Waals surface area contributed by atoms with Crippen molar-refractivity contribution in [1.82, 2.24) is 4.98 Å². The Hall–Kier alpha value is -1.42. The lowest BCUT2D eigenvalue weighted by Crippen LogP contribution is -2.60. The highest BCUT2D eigenvalue weighted by molar-refractivity contribution is 5.83. The van der Waals surface area contributed by atoms with Crippen molar-refractivity contribution in [3.05, 3.63) is 23.9 Å². The topological polar surface area (TPSA) is 53.4 Å². The number of aliphatic hydroxyl groups is 1. The van der Waals surface area contributed by atoms with E-state index < -0.39 is 5.60 Å². The van der Waals surface area contributed by atoms with Crippen molar-refractivity contribution in [3.63, 3.8) is 0 Å². The highest BCUT2D eigenvalue weighted by atomic mass is 16.3. The fourth-order valence-corrected chi connectivity index (χ4v) is 1.69. The molecule has 1 aromatic heterocycles. The first-order valence-corrected chi connectivity index (χ1v) is 4.50. The van der Waals surface area contributed by atoms with Crippen LogP contribution in [-0.2, 0) is 0 Å². The molecule has 0 aliphatic carbocycles. The minimum absolute atomic E-state index is 0.533. The maximum absolute atomic E-state index is 10.7. The van der Waals surface area contributed by atoms with Gasteiger partial charge in [-0.15, -0.1) is 0 Å². The van der Waals surface area contributed by atoms with E-state index in [9.17, 15) is 9.90 Å². The fraction of sp³-hybridized carbons (Fsp3) is 0.400. The van der Waals surface area contributed by atoms with Crippen molar-refractivity contribution >= 4 is 12.1 Å². The summed E-state index contributed by atoms with van der Waals surface area (Å²) in [5.74, 6) is 0.661. The second-order valence-electron chi connectivity index (χ2n) is 3.89. The van der Waals surface area contributed by atoms with Gasteiger partial charge in [0.15, 0.2) is 6.29 Å². The lowest BCUT2D eigenvalue weighted by molar-refractivity contribution is 0.0304. The van der Waals surface area contributed by atoms with Crippen LogP contribution in [0.25, 0.3) is 0 Å². The molecule has 14 heavy (non-hydrogen) atoms. The summed E-state index contributed by atoms with van der Waals surface area (Å²) in [6, 6.07) is 3.45. The lowest BCUT2D eigenvalue weighted by atomic mass is 9.96. The number of β-amino-alcohol motifs (C(OH)–C–C–N with tert-alkyl or cyclic N) is 1. The first-order valence-electron chi connectivity index (χ1n) is 4.50. The van der Waals surface area contributed by atoms with Crippen molar-refractivity contribution in [1.29, 1.82) is 0 Å². The molecule has 0 atom stereocenters. The minimum atomic E-state index is -0.641. The summed E-state index contributed by atoms with van der Waals surface area (Å²) in [5, 5.41) is 9.55. The second kappa shape index (κ2) is 3.06. The molecule has 2 heterocycles. The van der Waals surface area contributed by atoms with Gasteiger partial charge in [-0.25, -0.2) is 4.98 Å². The average Bonchev–Trinajstić information content (AvgIpc) is 2.14. The van der Waals surface area contributed by atoms with E-state index in [1.165, 1.54) is 0 Å². The molecule has 0 radical (unpaired) electrons. The predicted molar refractivity (Wildman–Crippen MR) is 52.5 cm³/mol. The summed E-state index contributed by atoms with van der Waals surface area (Å²) >= 11 is 0. The minimum Gasteiger partial charge on any atom is -0.386 e. The molecule has 1 fully saturated rings. The molecule has 1 aliphatic rings. The van der Waals surface area contributed by atoms with Gasteiger partial charge < -0.3 is 10.0 Å². The molecule has 1 N–H and O–H groups in total. The Kier molecular flexibility index (Phi) is 2.00. The monoisotopic (exact) mass is 192 g/mol. The van der Waals surface area contributed by atoms with Crippen molar-refractivity contribution in [3.8, 4) is 0 Å². The number of pyridine rings is 1. The van der Waals surface area contributed by atoms with Crippen molar-refractivity contribution in [2.24, 2.45) is 0 Å². The number of carbonyl (C=O) groups is 1. The normalized spacial score (nSPS) is 18.9. The van der Waals surface area contributed by atoms with Crippen LogP contribution in [0, 0.1) is 0 Å². The number of hydrogen-bond acceptors (Lipinski definition) is 4. The number of anilines is 1. The smallest absolute Gasteiger partial charge is 0.153 e. The van der Waals surface area contributed by atoms with Crippen LogP contribution >= 0.6 is 0 Å². The third-order valence-corrected chi connectivity index (χ3v) is 2.31. The van der Waals surface area contributed by atoms with Crippen LogP contribution < -0.4 is 4.90 Å². The lowest BCUT2D eigenvalue weighted by Gasteiger charge is -2.45. The Labute approximate surface area is 82.2 Å². The van der Waals surface area contributed by atoms with Gasteiger partial charge in [0.25, 0.3) is 0 Å². The van der Waals surface area contributed by atoms with E-state index in [2.05, 4.69) is 4.98 Å². The standard InChI is InChI=1S/C10H12N2O2/c1-10(14)6-12(7-10)9-8(5-13)3-2-4-11-9/h2-5,14H,6-7H2,1H3. The summed E-state index contributed by atoms with van der Waals surface area (Å²) < 4.78 is 0. The fourth-order valence-electron chi connectivity index (χ4n) is 1.69. The van der Waals surface area contributed by atoms with E-state index in [-0.39, 0.29) is 0 Å². The van der Waals surface area contributed by atoms with Gasteiger partial charge in [0.05, 0.1) is 11.2 Å². The molecule has 1 saturated heterocycles. The van der Waals surface area contributed by atoms with Crippen LogP contribution in [0.3, 0.4) is 0 Å². The van der Waals surface area contributed by atoms with Gasteiger partial charge in [0, 0.05) is 19.3 Å². The molecule has 1 aromatic rings. The SMILES string of the molecule is CC1(O)CN(c2ncccc2C=O)C1. The Morgan fingerprint density at radius 1 is 1.64 bits per heavy atom. The Bertz CT molecular complexity index is 355. The van der Waals surface area contributed by atoms with E-state index in [1.807, 2.05) is 4.90 Å². The summed E-state index contributed by atoms with van der Waals surface area (Å²) in [6.45, 7) is 2.84. The van der Waals surface area contributed by atoms with Gasteiger partial charge in [0.1, 0.15) is 5.82 Å². The molecular weight excluding hydrogens is 180 g/mol. The van der Waals surface area contributed by atoms with Gasteiger partial charge in [0.2, 0.25) is 0 Å². The number of nitrogens with zero attached hydrogens (tertiary/aromatic N) is 2. The van der Waals surface area contributed by atoms with E-state index in [0.717, 1.165) is 6.29 Å². The maximum atomic E-state index is 10.7. The number of carbonyl (C=O) groups excluding carboxylic acids is 1. The van der Waals surface area contributed by atoms with Crippen molar-refractivity contribution in [2.45, 2.75) is 12.5 Å². The molecule has 4 heteroatoms. The molecule has 0 saturated carbocycles. The summed E-state index contributed by atoms with van der Waals surface area (Å²) in [6.07, 6.45) is 2.44. The second-order valence-corrected chi connectivity index (χ2v) is 3.89. The van der Waals surface area contributed by atoms with Gasteiger partial charge in [-0.1, -0.05) is 0 Å². The average molecular weight is 192 g/mol. The highest BCUT2D eigenvalue weighted by Gasteiger charge is 2.37. The number of rotatable bonds is 2. The Morgan fingerprint density at radius 3 is 2.93 bits per heavy atom. The van der Waals surface area contributed by atoms with Crippen LogP contribution in [-0.4, -0.2) is 35.1 Å². The third-order valence-electron chi connectivity index (χ3n) is 2.31. The molecule has 0 bridgehead atoms. The largest absolute Gasteiger partial charge is 0.386 e. The van der Waals surface area contributed by atoms with E-state index in [0.29, 0.717) is 24.5 Å². The zero-order valence-corrected chi connectivity index (χ0v) is 7.97. The molecule has 2 rings (SSSR count). The highest BCUT2D eigenvalue weighted by Crippen LogP contribution is 2.27. The molecular formula is C10H12N2O2. The van der Waals surface area contributed by atoms with E-state index in [4.69, 9.17) is 0 Å². The van der Waals surface area contributed by atoms with Crippen LogP contribution in [0.4, 0.5) is 5.82 Å². The summed E-state index contributed by atoms with van der Waals surface area (Å²) in [4.78, 5) is 16.7. The van der Waals surface area contributed by atoms with Crippen LogP contribution in [0.2, 0.25) is 0 Å². The number of hydrogen-bond donors (Lipinski definition) is 1. The summed E-state index contributed by atoms with van der Waals surface area (Å²) in [5.41, 5.74) is -0.0690. The zero-order chi connectivity index (χ0) is 10.2. The van der Waals surface area contributed by atoms with Crippen molar-refractivity contribution < 1.29 is 9.90 Å². The number of aromatic nitrogens is 1. The molecule has 1 aliphatic heterocycles. The first kappa shape index (κ1) is 9.15. The Balaban J connectivity index is 2.22. The van der Waals surface area contributed by atoms with Gasteiger partial charge in [-0.05, 0) is 19.1 Å². The molecule has 4 nitrogen and oxygen atoms in total. The van der Waals surface area contributed by atoms with Crippen LogP contribution in [0.15, 0.2) is 18.3 Å².